The molecule has 19 heavy (non-hydrogen) atoms. The zero-order valence-electron chi connectivity index (χ0n) is 13.2. The van der Waals surface area contributed by atoms with Crippen molar-refractivity contribution >= 4 is 0 Å². The van der Waals surface area contributed by atoms with Gasteiger partial charge in [0.25, 0.3) is 0 Å². The minimum absolute atomic E-state index is 0.0207. The number of benzene rings is 1. The summed E-state index contributed by atoms with van der Waals surface area (Å²) >= 11 is 0. The average molecular weight is 264 g/mol. The van der Waals surface area contributed by atoms with Crippen LogP contribution < -0.4 is 10.1 Å². The lowest BCUT2D eigenvalue weighted by atomic mass is 9.86. The van der Waals surface area contributed by atoms with Crippen LogP contribution >= 0.6 is 0 Å². The molecule has 1 aromatic carbocycles. The second-order valence-electron chi connectivity index (χ2n) is 5.29. The largest absolute Gasteiger partial charge is 0.496 e. The SMILES string of the molecule is CCN(CC)C(C)(C)C(NC)c1ccccc1OC. The quantitative estimate of drug-likeness (QED) is 0.819. The van der Waals surface area contributed by atoms with E-state index in [0.29, 0.717) is 0 Å². The Bertz CT molecular complexity index is 386. The van der Waals surface area contributed by atoms with Crippen molar-refractivity contribution in [2.45, 2.75) is 39.3 Å². The second-order valence-corrected chi connectivity index (χ2v) is 5.29. The predicted molar refractivity (Wildman–Crippen MR) is 81.8 cm³/mol. The van der Waals surface area contributed by atoms with Crippen LogP contribution in [0.3, 0.4) is 0 Å². The van der Waals surface area contributed by atoms with Crippen LogP contribution in [0.5, 0.6) is 5.75 Å². The van der Waals surface area contributed by atoms with Gasteiger partial charge in [-0.25, -0.2) is 0 Å². The first-order chi connectivity index (χ1) is 9.02. The van der Waals surface area contributed by atoms with Crippen molar-refractivity contribution in [2.24, 2.45) is 0 Å². The Morgan fingerprint density at radius 2 is 1.79 bits per heavy atom. The first-order valence-corrected chi connectivity index (χ1v) is 7.08. The molecule has 1 unspecified atom stereocenters. The van der Waals surface area contributed by atoms with Crippen molar-refractivity contribution in [2.75, 3.05) is 27.2 Å². The van der Waals surface area contributed by atoms with E-state index in [2.05, 4.69) is 50.0 Å². The normalized spacial score (nSPS) is 13.6. The Morgan fingerprint density at radius 1 is 1.21 bits per heavy atom. The van der Waals surface area contributed by atoms with Crippen LogP contribution in [0.4, 0.5) is 0 Å². The molecule has 0 fully saturated rings. The number of hydrogen-bond acceptors (Lipinski definition) is 3. The molecule has 0 aromatic heterocycles. The number of hydrogen-bond donors (Lipinski definition) is 1. The number of likely N-dealkylation sites (N-methyl/N-ethyl adjacent to an activating group) is 2. The summed E-state index contributed by atoms with van der Waals surface area (Å²) in [5.74, 6) is 0.946. The lowest BCUT2D eigenvalue weighted by Gasteiger charge is -2.43. The zero-order valence-corrected chi connectivity index (χ0v) is 13.2. The average Bonchev–Trinajstić information content (AvgIpc) is 2.40. The molecule has 0 aliphatic heterocycles. The molecule has 0 saturated heterocycles. The molecule has 0 aliphatic rings. The van der Waals surface area contributed by atoms with Gasteiger partial charge in [0.2, 0.25) is 0 Å². The molecule has 0 amide bonds. The van der Waals surface area contributed by atoms with Gasteiger partial charge in [-0.15, -0.1) is 0 Å². The topological polar surface area (TPSA) is 24.5 Å². The smallest absolute Gasteiger partial charge is 0.123 e. The molecule has 0 saturated carbocycles. The Labute approximate surface area is 118 Å². The van der Waals surface area contributed by atoms with E-state index in [1.807, 2.05) is 19.2 Å². The van der Waals surface area contributed by atoms with Gasteiger partial charge in [0.15, 0.2) is 0 Å². The first kappa shape index (κ1) is 16.0. The van der Waals surface area contributed by atoms with Crippen LogP contribution in [0.2, 0.25) is 0 Å². The number of para-hydroxylation sites is 1. The Kier molecular flexibility index (Phi) is 5.83. The summed E-state index contributed by atoms with van der Waals surface area (Å²) < 4.78 is 5.51. The van der Waals surface area contributed by atoms with Gasteiger partial charge in [-0.3, -0.25) is 4.90 Å². The van der Waals surface area contributed by atoms with E-state index < -0.39 is 0 Å². The maximum Gasteiger partial charge on any atom is 0.123 e. The molecule has 1 rings (SSSR count). The highest BCUT2D eigenvalue weighted by Gasteiger charge is 2.35. The fourth-order valence-electron chi connectivity index (χ4n) is 3.02. The molecular weight excluding hydrogens is 236 g/mol. The standard InChI is InChI=1S/C16H28N2O/c1-7-18(8-2)16(3,4)15(17-5)13-11-9-10-12-14(13)19-6/h9-12,15,17H,7-8H2,1-6H3. The predicted octanol–water partition coefficient (Wildman–Crippen LogP) is 3.08. The van der Waals surface area contributed by atoms with E-state index in [1.165, 1.54) is 5.56 Å². The van der Waals surface area contributed by atoms with Gasteiger partial charge in [-0.2, -0.15) is 0 Å². The minimum atomic E-state index is 0.0207. The maximum atomic E-state index is 5.51. The third kappa shape index (κ3) is 3.28. The van der Waals surface area contributed by atoms with Crippen LogP contribution in [0, 0.1) is 0 Å². The Balaban J connectivity index is 3.18. The van der Waals surface area contributed by atoms with Gasteiger partial charge in [0.05, 0.1) is 13.2 Å². The lowest BCUT2D eigenvalue weighted by molar-refractivity contribution is 0.0933. The van der Waals surface area contributed by atoms with Crippen molar-refractivity contribution in [3.05, 3.63) is 29.8 Å². The molecule has 0 bridgehead atoms. The summed E-state index contributed by atoms with van der Waals surface area (Å²) in [5.41, 5.74) is 1.23. The van der Waals surface area contributed by atoms with E-state index >= 15 is 0 Å². The van der Waals surface area contributed by atoms with Gasteiger partial charge in [0.1, 0.15) is 5.75 Å². The van der Waals surface area contributed by atoms with Gasteiger partial charge in [0, 0.05) is 11.1 Å². The number of nitrogens with one attached hydrogen (secondary N) is 1. The minimum Gasteiger partial charge on any atom is -0.496 e. The highest BCUT2D eigenvalue weighted by molar-refractivity contribution is 5.37. The summed E-state index contributed by atoms with van der Waals surface area (Å²) in [6.45, 7) is 11.1. The van der Waals surface area contributed by atoms with Gasteiger partial charge >= 0.3 is 0 Å². The first-order valence-electron chi connectivity index (χ1n) is 7.08. The van der Waals surface area contributed by atoms with E-state index in [4.69, 9.17) is 4.74 Å². The molecular formula is C16H28N2O. The van der Waals surface area contributed by atoms with Crippen molar-refractivity contribution in [3.63, 3.8) is 0 Å². The lowest BCUT2D eigenvalue weighted by Crippen LogP contribution is -2.52. The zero-order chi connectivity index (χ0) is 14.5. The second kappa shape index (κ2) is 6.92. The maximum absolute atomic E-state index is 5.51. The summed E-state index contributed by atoms with van der Waals surface area (Å²) in [4.78, 5) is 2.47. The summed E-state index contributed by atoms with van der Waals surface area (Å²) in [5, 5.41) is 3.46. The summed E-state index contributed by atoms with van der Waals surface area (Å²) in [6.07, 6.45) is 0. The van der Waals surface area contributed by atoms with Crippen LogP contribution in [0.1, 0.15) is 39.3 Å². The van der Waals surface area contributed by atoms with E-state index in [0.717, 1.165) is 18.8 Å². The van der Waals surface area contributed by atoms with E-state index in [-0.39, 0.29) is 11.6 Å². The highest BCUT2D eigenvalue weighted by atomic mass is 16.5. The highest BCUT2D eigenvalue weighted by Crippen LogP contribution is 2.35. The van der Waals surface area contributed by atoms with Crippen LogP contribution in [0.15, 0.2) is 24.3 Å². The van der Waals surface area contributed by atoms with Crippen molar-refractivity contribution in [1.29, 1.82) is 0 Å². The van der Waals surface area contributed by atoms with Crippen LogP contribution in [-0.2, 0) is 0 Å². The Morgan fingerprint density at radius 3 is 2.26 bits per heavy atom. The molecule has 3 heteroatoms. The molecule has 1 N–H and O–H groups in total. The van der Waals surface area contributed by atoms with Crippen LogP contribution in [0.25, 0.3) is 0 Å². The van der Waals surface area contributed by atoms with Crippen molar-refractivity contribution < 1.29 is 4.74 Å². The molecule has 1 atom stereocenters. The third-order valence-electron chi connectivity index (χ3n) is 4.02. The molecule has 0 heterocycles. The third-order valence-corrected chi connectivity index (χ3v) is 4.02. The Hall–Kier alpha value is -1.06. The summed E-state index contributed by atoms with van der Waals surface area (Å²) in [6, 6.07) is 8.48. The number of nitrogens with zero attached hydrogens (tertiary/aromatic N) is 1. The number of ether oxygens (including phenoxy) is 1. The molecule has 108 valence electrons. The number of rotatable bonds is 7. The van der Waals surface area contributed by atoms with Gasteiger partial charge in [-0.05, 0) is 40.1 Å². The fraction of sp³-hybridized carbons (Fsp3) is 0.625. The van der Waals surface area contributed by atoms with E-state index in [1.54, 1.807) is 7.11 Å². The molecule has 0 spiro atoms. The number of methoxy groups -OCH3 is 1. The molecule has 0 radical (unpaired) electrons. The van der Waals surface area contributed by atoms with E-state index in [9.17, 15) is 0 Å². The monoisotopic (exact) mass is 264 g/mol. The van der Waals surface area contributed by atoms with Gasteiger partial charge in [-0.1, -0.05) is 32.0 Å². The molecule has 3 nitrogen and oxygen atoms in total. The molecule has 0 aliphatic carbocycles. The van der Waals surface area contributed by atoms with Crippen LogP contribution in [-0.4, -0.2) is 37.7 Å². The summed E-state index contributed by atoms with van der Waals surface area (Å²) in [7, 11) is 3.75. The van der Waals surface area contributed by atoms with Crippen molar-refractivity contribution in [3.8, 4) is 5.75 Å². The van der Waals surface area contributed by atoms with Gasteiger partial charge < -0.3 is 10.1 Å². The molecule has 1 aromatic rings. The van der Waals surface area contributed by atoms with Crippen molar-refractivity contribution in [1.82, 2.24) is 10.2 Å². The fourth-order valence-corrected chi connectivity index (χ4v) is 3.02.